The molecule has 0 unspecified atom stereocenters. The van der Waals surface area contributed by atoms with Crippen molar-refractivity contribution in [1.29, 1.82) is 0 Å². The molecule has 0 aromatic carbocycles. The van der Waals surface area contributed by atoms with E-state index in [4.69, 9.17) is 4.74 Å². The lowest BCUT2D eigenvalue weighted by molar-refractivity contribution is -0.135. The molecular formula is C13H22O2. The molecule has 0 heterocycles. The molecule has 0 aromatic heterocycles. The zero-order valence-corrected chi connectivity index (χ0v) is 10.5. The zero-order chi connectivity index (χ0) is 11.6. The maximum Gasteiger partial charge on any atom is 0.330 e. The second-order valence-electron chi connectivity index (χ2n) is 4.87. The van der Waals surface area contributed by atoms with Crippen LogP contribution in [-0.2, 0) is 9.53 Å². The number of hydrogen-bond donors (Lipinski definition) is 0. The number of allylic oxidation sites excluding steroid dienone is 1. The SMILES string of the molecule is CC[C@H]1/C(=C\C(=O)OC)C(C)(C)[C@H]1CC. The lowest BCUT2D eigenvalue weighted by Gasteiger charge is -2.54. The van der Waals surface area contributed by atoms with Gasteiger partial charge in [-0.3, -0.25) is 0 Å². The van der Waals surface area contributed by atoms with E-state index in [0.717, 1.165) is 6.42 Å². The summed E-state index contributed by atoms with van der Waals surface area (Å²) < 4.78 is 4.70. The molecule has 0 N–H and O–H groups in total. The van der Waals surface area contributed by atoms with Crippen LogP contribution in [0.3, 0.4) is 0 Å². The molecule has 1 saturated carbocycles. The molecule has 0 radical (unpaired) electrons. The Hall–Kier alpha value is -0.790. The smallest absolute Gasteiger partial charge is 0.330 e. The Kier molecular flexibility index (Phi) is 3.58. The Balaban J connectivity index is 2.89. The summed E-state index contributed by atoms with van der Waals surface area (Å²) in [4.78, 5) is 11.3. The summed E-state index contributed by atoms with van der Waals surface area (Å²) in [5, 5.41) is 0. The van der Waals surface area contributed by atoms with Crippen molar-refractivity contribution in [2.45, 2.75) is 40.5 Å². The predicted octanol–water partition coefficient (Wildman–Crippen LogP) is 3.18. The van der Waals surface area contributed by atoms with Crippen LogP contribution in [0.5, 0.6) is 0 Å². The third kappa shape index (κ3) is 1.95. The molecule has 15 heavy (non-hydrogen) atoms. The van der Waals surface area contributed by atoms with Gasteiger partial charge in [-0.1, -0.05) is 39.7 Å². The number of carbonyl (C=O) groups is 1. The average molecular weight is 210 g/mol. The van der Waals surface area contributed by atoms with Crippen LogP contribution in [0.1, 0.15) is 40.5 Å². The minimum atomic E-state index is -0.217. The maximum atomic E-state index is 11.3. The first-order chi connectivity index (χ1) is 6.98. The third-order valence-electron chi connectivity index (χ3n) is 3.91. The number of hydrogen-bond acceptors (Lipinski definition) is 2. The van der Waals surface area contributed by atoms with Crippen LogP contribution in [0.2, 0.25) is 0 Å². The van der Waals surface area contributed by atoms with Crippen LogP contribution in [0, 0.1) is 17.3 Å². The molecule has 1 aliphatic carbocycles. The molecule has 0 amide bonds. The topological polar surface area (TPSA) is 26.3 Å². The van der Waals surface area contributed by atoms with E-state index in [1.54, 1.807) is 6.08 Å². The highest BCUT2D eigenvalue weighted by molar-refractivity contribution is 5.83. The molecule has 0 bridgehead atoms. The van der Waals surface area contributed by atoms with Crippen molar-refractivity contribution in [2.24, 2.45) is 17.3 Å². The minimum absolute atomic E-state index is 0.170. The van der Waals surface area contributed by atoms with Gasteiger partial charge < -0.3 is 4.74 Å². The van der Waals surface area contributed by atoms with Crippen LogP contribution in [0.15, 0.2) is 11.6 Å². The van der Waals surface area contributed by atoms with E-state index < -0.39 is 0 Å². The number of methoxy groups -OCH3 is 1. The molecule has 1 aliphatic rings. The number of esters is 1. The molecular weight excluding hydrogens is 188 g/mol. The second kappa shape index (κ2) is 4.38. The van der Waals surface area contributed by atoms with E-state index in [-0.39, 0.29) is 11.4 Å². The quantitative estimate of drug-likeness (QED) is 0.528. The van der Waals surface area contributed by atoms with Crippen molar-refractivity contribution in [3.8, 4) is 0 Å². The first kappa shape index (κ1) is 12.3. The maximum absolute atomic E-state index is 11.3. The third-order valence-corrected chi connectivity index (χ3v) is 3.91. The zero-order valence-electron chi connectivity index (χ0n) is 10.5. The van der Waals surface area contributed by atoms with E-state index >= 15 is 0 Å². The summed E-state index contributed by atoms with van der Waals surface area (Å²) in [6.07, 6.45) is 4.00. The standard InChI is InChI=1S/C13H22O2/c1-6-9-10(7-2)13(3,4)11(9)8-12(14)15-5/h8-10H,6-7H2,1-5H3/b11-8+/t9-,10+/m1/s1. The number of rotatable bonds is 3. The monoisotopic (exact) mass is 210 g/mol. The van der Waals surface area contributed by atoms with Gasteiger partial charge in [0.2, 0.25) is 0 Å². The summed E-state index contributed by atoms with van der Waals surface area (Å²) in [5.41, 5.74) is 1.44. The van der Waals surface area contributed by atoms with Gasteiger partial charge in [-0.25, -0.2) is 4.79 Å². The van der Waals surface area contributed by atoms with Gasteiger partial charge in [0.1, 0.15) is 0 Å². The number of carbonyl (C=O) groups excluding carboxylic acids is 1. The average Bonchev–Trinajstić information content (AvgIpc) is 2.21. The Morgan fingerprint density at radius 1 is 1.40 bits per heavy atom. The minimum Gasteiger partial charge on any atom is -0.466 e. The normalized spacial score (nSPS) is 31.1. The molecule has 2 atom stereocenters. The molecule has 2 heteroatoms. The van der Waals surface area contributed by atoms with Gasteiger partial charge in [-0.05, 0) is 23.7 Å². The van der Waals surface area contributed by atoms with Crippen molar-refractivity contribution in [3.05, 3.63) is 11.6 Å². The molecule has 1 fully saturated rings. The summed E-state index contributed by atoms with van der Waals surface area (Å²) >= 11 is 0. The summed E-state index contributed by atoms with van der Waals surface area (Å²) in [7, 11) is 1.43. The van der Waals surface area contributed by atoms with Crippen molar-refractivity contribution in [3.63, 3.8) is 0 Å². The van der Waals surface area contributed by atoms with Crippen LogP contribution in [0.4, 0.5) is 0 Å². The molecule has 86 valence electrons. The molecule has 1 rings (SSSR count). The van der Waals surface area contributed by atoms with Gasteiger partial charge in [0.15, 0.2) is 0 Å². The predicted molar refractivity (Wildman–Crippen MR) is 61.4 cm³/mol. The second-order valence-corrected chi connectivity index (χ2v) is 4.87. The van der Waals surface area contributed by atoms with Gasteiger partial charge in [0.05, 0.1) is 7.11 Å². The lowest BCUT2D eigenvalue weighted by atomic mass is 9.50. The molecule has 2 nitrogen and oxygen atoms in total. The largest absolute Gasteiger partial charge is 0.466 e. The lowest BCUT2D eigenvalue weighted by Crippen LogP contribution is -2.46. The van der Waals surface area contributed by atoms with Gasteiger partial charge in [-0.15, -0.1) is 0 Å². The molecule has 0 spiro atoms. The van der Waals surface area contributed by atoms with Crippen molar-refractivity contribution in [2.75, 3.05) is 7.11 Å². The Morgan fingerprint density at radius 3 is 2.40 bits per heavy atom. The Labute approximate surface area is 92.7 Å². The van der Waals surface area contributed by atoms with E-state index in [0.29, 0.717) is 11.8 Å². The molecule has 0 aliphatic heterocycles. The highest BCUT2D eigenvalue weighted by Crippen LogP contribution is 2.57. The van der Waals surface area contributed by atoms with Crippen molar-refractivity contribution < 1.29 is 9.53 Å². The van der Waals surface area contributed by atoms with Gasteiger partial charge in [0, 0.05) is 6.08 Å². The summed E-state index contributed by atoms with van der Waals surface area (Å²) in [6.45, 7) is 8.86. The van der Waals surface area contributed by atoms with Crippen molar-refractivity contribution >= 4 is 5.97 Å². The fourth-order valence-electron chi connectivity index (χ4n) is 3.09. The van der Waals surface area contributed by atoms with E-state index in [1.807, 2.05) is 0 Å². The van der Waals surface area contributed by atoms with Crippen LogP contribution in [-0.4, -0.2) is 13.1 Å². The van der Waals surface area contributed by atoms with E-state index in [2.05, 4.69) is 27.7 Å². The van der Waals surface area contributed by atoms with Gasteiger partial charge in [0.25, 0.3) is 0 Å². The summed E-state index contributed by atoms with van der Waals surface area (Å²) in [5.74, 6) is 1.06. The van der Waals surface area contributed by atoms with Crippen LogP contribution in [0.25, 0.3) is 0 Å². The first-order valence-corrected chi connectivity index (χ1v) is 5.79. The van der Waals surface area contributed by atoms with E-state index in [9.17, 15) is 4.79 Å². The highest BCUT2D eigenvalue weighted by atomic mass is 16.5. The Morgan fingerprint density at radius 2 is 2.00 bits per heavy atom. The first-order valence-electron chi connectivity index (χ1n) is 5.79. The van der Waals surface area contributed by atoms with Crippen molar-refractivity contribution in [1.82, 2.24) is 0 Å². The fourth-order valence-corrected chi connectivity index (χ4v) is 3.09. The van der Waals surface area contributed by atoms with Crippen LogP contribution < -0.4 is 0 Å². The highest BCUT2D eigenvalue weighted by Gasteiger charge is 2.49. The van der Waals surface area contributed by atoms with Gasteiger partial charge >= 0.3 is 5.97 Å². The van der Waals surface area contributed by atoms with Gasteiger partial charge in [-0.2, -0.15) is 0 Å². The summed E-state index contributed by atoms with van der Waals surface area (Å²) in [6, 6.07) is 0. The molecule has 0 saturated heterocycles. The Bertz CT molecular complexity index is 276. The van der Waals surface area contributed by atoms with E-state index in [1.165, 1.54) is 19.1 Å². The van der Waals surface area contributed by atoms with Crippen LogP contribution >= 0.6 is 0 Å². The fraction of sp³-hybridized carbons (Fsp3) is 0.769. The number of ether oxygens (including phenoxy) is 1. The molecule has 0 aromatic rings.